The van der Waals surface area contributed by atoms with Gasteiger partial charge in [0.15, 0.2) is 0 Å². The molecule has 1 aromatic rings. The third-order valence-corrected chi connectivity index (χ3v) is 4.41. The molecule has 0 amide bonds. The van der Waals surface area contributed by atoms with Crippen LogP contribution in [0.4, 0.5) is 4.39 Å². The van der Waals surface area contributed by atoms with Gasteiger partial charge in [-0.1, -0.05) is 19.9 Å². The van der Waals surface area contributed by atoms with Crippen LogP contribution in [0.25, 0.3) is 0 Å². The highest BCUT2D eigenvalue weighted by Gasteiger charge is 2.30. The molecule has 0 aromatic heterocycles. The van der Waals surface area contributed by atoms with Crippen molar-refractivity contribution < 1.29 is 9.13 Å². The molecule has 104 valence electrons. The molecule has 3 rings (SSSR count). The Balaban J connectivity index is 1.92. The largest absolute Gasteiger partial charge is 0.379 e. The SMILES string of the molecule is CC(C)c1cc2c(cc1F)CCC2N1CCOCC1. The van der Waals surface area contributed by atoms with E-state index in [2.05, 4.69) is 24.8 Å². The van der Waals surface area contributed by atoms with Gasteiger partial charge in [-0.15, -0.1) is 0 Å². The molecule has 0 saturated carbocycles. The zero-order chi connectivity index (χ0) is 13.4. The molecular formula is C16H22FNO. The predicted octanol–water partition coefficient (Wildman–Crippen LogP) is 3.27. The summed E-state index contributed by atoms with van der Waals surface area (Å²) in [4.78, 5) is 2.50. The third kappa shape index (κ3) is 2.41. The Bertz CT molecular complexity index is 466. The lowest BCUT2D eigenvalue weighted by molar-refractivity contribution is 0.0164. The summed E-state index contributed by atoms with van der Waals surface area (Å²) in [6, 6.07) is 4.35. The highest BCUT2D eigenvalue weighted by atomic mass is 19.1. The summed E-state index contributed by atoms with van der Waals surface area (Å²) >= 11 is 0. The summed E-state index contributed by atoms with van der Waals surface area (Å²) in [5, 5.41) is 0. The number of nitrogens with zero attached hydrogens (tertiary/aromatic N) is 1. The molecule has 0 radical (unpaired) electrons. The summed E-state index contributed by atoms with van der Waals surface area (Å²) in [7, 11) is 0. The van der Waals surface area contributed by atoms with Crippen molar-refractivity contribution >= 4 is 0 Å². The van der Waals surface area contributed by atoms with E-state index in [1.807, 2.05) is 0 Å². The molecule has 2 nitrogen and oxygen atoms in total. The maximum Gasteiger partial charge on any atom is 0.126 e. The van der Waals surface area contributed by atoms with Crippen molar-refractivity contribution in [2.45, 2.75) is 38.6 Å². The number of fused-ring (bicyclic) bond motifs is 1. The van der Waals surface area contributed by atoms with E-state index < -0.39 is 0 Å². The highest BCUT2D eigenvalue weighted by Crippen LogP contribution is 2.38. The van der Waals surface area contributed by atoms with E-state index in [0.29, 0.717) is 6.04 Å². The average Bonchev–Trinajstić information content (AvgIpc) is 2.81. The van der Waals surface area contributed by atoms with Crippen LogP contribution in [0.1, 0.15) is 48.9 Å². The minimum atomic E-state index is -0.0311. The lowest BCUT2D eigenvalue weighted by atomic mass is 9.96. The molecule has 19 heavy (non-hydrogen) atoms. The molecule has 1 heterocycles. The first kappa shape index (κ1) is 13.1. The first-order chi connectivity index (χ1) is 9.16. The van der Waals surface area contributed by atoms with Gasteiger partial charge in [-0.25, -0.2) is 4.39 Å². The van der Waals surface area contributed by atoms with Gasteiger partial charge in [0.25, 0.3) is 0 Å². The lowest BCUT2D eigenvalue weighted by Crippen LogP contribution is -2.38. The average molecular weight is 263 g/mol. The summed E-state index contributed by atoms with van der Waals surface area (Å²) in [6.07, 6.45) is 2.13. The van der Waals surface area contributed by atoms with Gasteiger partial charge in [0.2, 0.25) is 0 Å². The van der Waals surface area contributed by atoms with Gasteiger partial charge in [0.05, 0.1) is 13.2 Å². The van der Waals surface area contributed by atoms with Crippen LogP contribution in [0, 0.1) is 5.82 Å². The number of morpholine rings is 1. The van der Waals surface area contributed by atoms with Crippen molar-refractivity contribution in [2.75, 3.05) is 26.3 Å². The van der Waals surface area contributed by atoms with Crippen LogP contribution >= 0.6 is 0 Å². The zero-order valence-corrected chi connectivity index (χ0v) is 11.8. The minimum Gasteiger partial charge on any atom is -0.379 e. The molecule has 1 aromatic carbocycles. The van der Waals surface area contributed by atoms with E-state index >= 15 is 0 Å². The topological polar surface area (TPSA) is 12.5 Å². The molecule has 1 unspecified atom stereocenters. The van der Waals surface area contributed by atoms with Gasteiger partial charge >= 0.3 is 0 Å². The van der Waals surface area contributed by atoms with Crippen LogP contribution < -0.4 is 0 Å². The molecule has 1 aliphatic heterocycles. The molecule has 1 fully saturated rings. The van der Waals surface area contributed by atoms with Crippen LogP contribution in [-0.2, 0) is 11.2 Å². The fourth-order valence-electron chi connectivity index (χ4n) is 3.33. The molecule has 1 saturated heterocycles. The number of ether oxygens (including phenoxy) is 1. The van der Waals surface area contributed by atoms with Crippen LogP contribution in [0.3, 0.4) is 0 Å². The van der Waals surface area contributed by atoms with E-state index in [1.165, 1.54) is 11.1 Å². The van der Waals surface area contributed by atoms with Gasteiger partial charge in [-0.2, -0.15) is 0 Å². The van der Waals surface area contributed by atoms with Gasteiger partial charge in [-0.3, -0.25) is 4.90 Å². The molecule has 3 heteroatoms. The molecule has 0 bridgehead atoms. The Labute approximate surface area is 114 Å². The molecule has 0 spiro atoms. The Morgan fingerprint density at radius 3 is 2.68 bits per heavy atom. The van der Waals surface area contributed by atoms with Crippen molar-refractivity contribution in [3.63, 3.8) is 0 Å². The fourth-order valence-corrected chi connectivity index (χ4v) is 3.33. The standard InChI is InChI=1S/C16H22FNO/c1-11(2)13-10-14-12(9-15(13)17)3-4-16(14)18-5-7-19-8-6-18/h9-11,16H,3-8H2,1-2H3. The Morgan fingerprint density at radius 1 is 1.26 bits per heavy atom. The zero-order valence-electron chi connectivity index (χ0n) is 11.8. The number of aryl methyl sites for hydroxylation is 1. The second-order valence-electron chi connectivity index (χ2n) is 5.93. The molecular weight excluding hydrogens is 241 g/mol. The van der Waals surface area contributed by atoms with E-state index in [4.69, 9.17) is 4.74 Å². The number of halogens is 1. The first-order valence-corrected chi connectivity index (χ1v) is 7.31. The number of hydrogen-bond acceptors (Lipinski definition) is 2. The monoisotopic (exact) mass is 263 g/mol. The summed E-state index contributed by atoms with van der Waals surface area (Å²) < 4.78 is 19.5. The number of hydrogen-bond donors (Lipinski definition) is 0. The quantitative estimate of drug-likeness (QED) is 0.812. The molecule has 1 aliphatic carbocycles. The van der Waals surface area contributed by atoms with Gasteiger partial charge in [0.1, 0.15) is 5.82 Å². The maximum absolute atomic E-state index is 14.0. The Morgan fingerprint density at radius 2 is 2.00 bits per heavy atom. The molecule has 1 atom stereocenters. The van der Waals surface area contributed by atoms with Gasteiger partial charge in [-0.05, 0) is 41.5 Å². The second kappa shape index (κ2) is 5.22. The summed E-state index contributed by atoms with van der Waals surface area (Å²) in [5.74, 6) is 0.215. The second-order valence-corrected chi connectivity index (χ2v) is 5.93. The number of rotatable bonds is 2. The van der Waals surface area contributed by atoms with E-state index in [9.17, 15) is 4.39 Å². The van der Waals surface area contributed by atoms with Crippen molar-refractivity contribution in [3.8, 4) is 0 Å². The van der Waals surface area contributed by atoms with Crippen LogP contribution in [0.15, 0.2) is 12.1 Å². The highest BCUT2D eigenvalue weighted by molar-refractivity contribution is 5.40. The summed E-state index contributed by atoms with van der Waals surface area (Å²) in [5.41, 5.74) is 3.42. The van der Waals surface area contributed by atoms with Crippen molar-refractivity contribution in [1.82, 2.24) is 4.90 Å². The fraction of sp³-hybridized carbons (Fsp3) is 0.625. The Hall–Kier alpha value is -0.930. The number of benzene rings is 1. The van der Waals surface area contributed by atoms with Crippen LogP contribution in [0.5, 0.6) is 0 Å². The minimum absolute atomic E-state index is 0.0311. The van der Waals surface area contributed by atoms with Crippen molar-refractivity contribution in [2.24, 2.45) is 0 Å². The van der Waals surface area contributed by atoms with E-state index in [1.54, 1.807) is 6.07 Å². The van der Waals surface area contributed by atoms with E-state index in [0.717, 1.165) is 44.7 Å². The normalized spacial score (nSPS) is 23.9. The van der Waals surface area contributed by atoms with Crippen LogP contribution in [0.2, 0.25) is 0 Å². The van der Waals surface area contributed by atoms with Crippen molar-refractivity contribution in [3.05, 3.63) is 34.6 Å². The third-order valence-electron chi connectivity index (χ3n) is 4.41. The smallest absolute Gasteiger partial charge is 0.126 e. The lowest BCUT2D eigenvalue weighted by Gasteiger charge is -2.33. The maximum atomic E-state index is 14.0. The van der Waals surface area contributed by atoms with Crippen LogP contribution in [-0.4, -0.2) is 31.2 Å². The molecule has 0 N–H and O–H groups in total. The Kier molecular flexibility index (Phi) is 3.59. The van der Waals surface area contributed by atoms with E-state index in [-0.39, 0.29) is 11.7 Å². The molecule has 2 aliphatic rings. The summed E-state index contributed by atoms with van der Waals surface area (Å²) in [6.45, 7) is 7.76. The van der Waals surface area contributed by atoms with Crippen molar-refractivity contribution in [1.29, 1.82) is 0 Å². The first-order valence-electron chi connectivity index (χ1n) is 7.31. The predicted molar refractivity (Wildman–Crippen MR) is 73.9 cm³/mol. The van der Waals surface area contributed by atoms with Gasteiger partial charge < -0.3 is 4.74 Å². The van der Waals surface area contributed by atoms with Gasteiger partial charge in [0, 0.05) is 19.1 Å².